The number of hydrogen-bond acceptors (Lipinski definition) is 8. The summed E-state index contributed by atoms with van der Waals surface area (Å²) in [5, 5.41) is 22.6. The van der Waals surface area contributed by atoms with Gasteiger partial charge in [0, 0.05) is 23.8 Å². The summed E-state index contributed by atoms with van der Waals surface area (Å²) in [4.78, 5) is 0. The van der Waals surface area contributed by atoms with Crippen LogP contribution in [0.1, 0.15) is 41.6 Å². The molecule has 0 bridgehead atoms. The van der Waals surface area contributed by atoms with Gasteiger partial charge in [-0.05, 0) is 50.4 Å². The lowest BCUT2D eigenvalue weighted by atomic mass is 9.91. The number of benzene rings is 4. The maximum Gasteiger partial charge on any atom is 0.214 e. The van der Waals surface area contributed by atoms with Crippen LogP contribution >= 0.6 is 11.8 Å². The number of ether oxygens (including phenoxy) is 2. The minimum Gasteiger partial charge on any atom is -0.392 e. The van der Waals surface area contributed by atoms with Crippen molar-refractivity contribution in [2.24, 2.45) is 11.7 Å². The number of tetrazole rings is 1. The Labute approximate surface area is 249 Å². The highest BCUT2D eigenvalue weighted by molar-refractivity contribution is 7.99. The summed E-state index contributed by atoms with van der Waals surface area (Å²) in [7, 11) is 0. The van der Waals surface area contributed by atoms with Crippen molar-refractivity contribution in [3.05, 3.63) is 125 Å². The number of aromatic nitrogens is 4. The largest absolute Gasteiger partial charge is 0.392 e. The Morgan fingerprint density at radius 2 is 1.57 bits per heavy atom. The minimum absolute atomic E-state index is 0.00211. The average Bonchev–Trinajstić information content (AvgIpc) is 3.53. The Hall–Kier alpha value is -3.86. The van der Waals surface area contributed by atoms with E-state index in [1.807, 2.05) is 66.7 Å². The highest BCUT2D eigenvalue weighted by Gasteiger charge is 2.38. The van der Waals surface area contributed by atoms with Crippen molar-refractivity contribution in [2.45, 2.75) is 43.7 Å². The van der Waals surface area contributed by atoms with Crippen molar-refractivity contribution < 1.29 is 14.6 Å². The van der Waals surface area contributed by atoms with E-state index in [1.165, 1.54) is 0 Å². The van der Waals surface area contributed by atoms with E-state index in [1.54, 1.807) is 16.4 Å². The molecule has 42 heavy (non-hydrogen) atoms. The van der Waals surface area contributed by atoms with Crippen LogP contribution in [0, 0.1) is 5.92 Å². The van der Waals surface area contributed by atoms with Crippen molar-refractivity contribution in [1.29, 1.82) is 0 Å². The van der Waals surface area contributed by atoms with Crippen molar-refractivity contribution >= 4 is 11.8 Å². The molecule has 9 heteroatoms. The van der Waals surface area contributed by atoms with Crippen molar-refractivity contribution in [2.75, 3.05) is 5.75 Å². The van der Waals surface area contributed by atoms with Gasteiger partial charge >= 0.3 is 0 Å². The van der Waals surface area contributed by atoms with Gasteiger partial charge in [0.05, 0.1) is 24.5 Å². The molecule has 0 spiro atoms. The van der Waals surface area contributed by atoms with Crippen LogP contribution in [0.2, 0.25) is 0 Å². The third kappa shape index (κ3) is 6.01. The lowest BCUT2D eigenvalue weighted by molar-refractivity contribution is -0.268. The second kappa shape index (κ2) is 13.0. The molecule has 8 nitrogen and oxygen atoms in total. The fourth-order valence-corrected chi connectivity index (χ4v) is 6.32. The molecular formula is C33H33N5O3S. The van der Waals surface area contributed by atoms with Gasteiger partial charge in [0.1, 0.15) is 0 Å². The fourth-order valence-electron chi connectivity index (χ4n) is 5.27. The van der Waals surface area contributed by atoms with E-state index in [4.69, 9.17) is 15.2 Å². The molecule has 4 atom stereocenters. The van der Waals surface area contributed by atoms with E-state index in [-0.39, 0.29) is 24.7 Å². The standard InChI is InChI=1S/C33H33N5O3S/c1-22-30(21-42-33-35-36-37-38(33)28-8-3-2-4-9-28)40-32(41-31(22)25-13-11-23(20-39)12-14-25)26-17-15-24(16-18-26)29-10-6-5-7-27(29)19-34/h2-18,22,30-32,39H,19-21,34H2,1H3/t22-,30+,31+,32+/m1/s1. The van der Waals surface area contributed by atoms with Gasteiger partial charge in [-0.1, -0.05) is 110 Å². The second-order valence-electron chi connectivity index (χ2n) is 10.3. The van der Waals surface area contributed by atoms with Gasteiger partial charge in [0.2, 0.25) is 5.16 Å². The number of rotatable bonds is 9. The maximum atomic E-state index is 9.55. The number of nitrogens with zero attached hydrogens (tertiary/aromatic N) is 4. The summed E-state index contributed by atoms with van der Waals surface area (Å²) < 4.78 is 15.0. The first-order valence-electron chi connectivity index (χ1n) is 14.0. The topological polar surface area (TPSA) is 108 Å². The Morgan fingerprint density at radius 1 is 0.857 bits per heavy atom. The average molecular weight is 580 g/mol. The summed E-state index contributed by atoms with van der Waals surface area (Å²) in [5.74, 6) is 0.687. The van der Waals surface area contributed by atoms with Crippen molar-refractivity contribution in [3.63, 3.8) is 0 Å². The van der Waals surface area contributed by atoms with Gasteiger partial charge in [-0.2, -0.15) is 4.68 Å². The first-order valence-corrected chi connectivity index (χ1v) is 15.0. The molecule has 1 aromatic heterocycles. The Morgan fingerprint density at radius 3 is 2.31 bits per heavy atom. The van der Waals surface area contributed by atoms with Crippen LogP contribution < -0.4 is 5.73 Å². The number of aliphatic hydroxyl groups excluding tert-OH is 1. The van der Waals surface area contributed by atoms with Crippen LogP contribution in [0.4, 0.5) is 0 Å². The van der Waals surface area contributed by atoms with E-state index in [0.29, 0.717) is 17.5 Å². The Kier molecular flexibility index (Phi) is 8.73. The molecule has 6 rings (SSSR count). The lowest BCUT2D eigenvalue weighted by Crippen LogP contribution is -2.38. The summed E-state index contributed by atoms with van der Waals surface area (Å²) in [5.41, 5.74) is 13.1. The van der Waals surface area contributed by atoms with Crippen LogP contribution in [-0.2, 0) is 22.6 Å². The molecule has 214 valence electrons. The monoisotopic (exact) mass is 579 g/mol. The molecular weight excluding hydrogens is 546 g/mol. The molecule has 4 aromatic carbocycles. The molecule has 1 aliphatic heterocycles. The van der Waals surface area contributed by atoms with Gasteiger partial charge < -0.3 is 20.3 Å². The van der Waals surface area contributed by atoms with Gasteiger partial charge in [0.25, 0.3) is 0 Å². The predicted molar refractivity (Wildman–Crippen MR) is 163 cm³/mol. The van der Waals surface area contributed by atoms with Crippen LogP contribution in [0.3, 0.4) is 0 Å². The molecule has 0 aliphatic carbocycles. The quantitative estimate of drug-likeness (QED) is 0.209. The molecule has 1 aliphatic rings. The van der Waals surface area contributed by atoms with E-state index >= 15 is 0 Å². The summed E-state index contributed by atoms with van der Waals surface area (Å²) >= 11 is 1.56. The zero-order valence-electron chi connectivity index (χ0n) is 23.3. The second-order valence-corrected chi connectivity index (χ2v) is 11.3. The SMILES string of the molecule is C[C@@H]1[C@H](CSc2nnnn2-c2ccccc2)O[C@H](c2ccc(-c3ccccc3CN)cc2)O[C@@H]1c1ccc(CO)cc1. The van der Waals surface area contributed by atoms with E-state index in [2.05, 4.69) is 58.8 Å². The lowest BCUT2D eigenvalue weighted by Gasteiger charge is -2.41. The van der Waals surface area contributed by atoms with Crippen LogP contribution in [0.25, 0.3) is 16.8 Å². The summed E-state index contributed by atoms with van der Waals surface area (Å²) in [6, 6.07) is 34.3. The van der Waals surface area contributed by atoms with Gasteiger partial charge in [0.15, 0.2) is 6.29 Å². The number of para-hydroxylation sites is 1. The van der Waals surface area contributed by atoms with Crippen molar-refractivity contribution in [3.8, 4) is 16.8 Å². The molecule has 0 amide bonds. The molecule has 0 saturated carbocycles. The predicted octanol–water partition coefficient (Wildman–Crippen LogP) is 5.86. The zero-order valence-corrected chi connectivity index (χ0v) is 24.1. The minimum atomic E-state index is -0.557. The number of aliphatic hydroxyl groups is 1. The number of nitrogens with two attached hydrogens (primary N) is 1. The van der Waals surface area contributed by atoms with E-state index in [9.17, 15) is 5.11 Å². The molecule has 3 N–H and O–H groups in total. The molecule has 0 radical (unpaired) electrons. The van der Waals surface area contributed by atoms with Crippen LogP contribution in [-0.4, -0.2) is 37.2 Å². The Bertz CT molecular complexity index is 1590. The Balaban J connectivity index is 1.26. The summed E-state index contributed by atoms with van der Waals surface area (Å²) in [6.45, 7) is 2.63. The third-order valence-electron chi connectivity index (χ3n) is 7.67. The van der Waals surface area contributed by atoms with Crippen LogP contribution in [0.5, 0.6) is 0 Å². The van der Waals surface area contributed by atoms with Gasteiger partial charge in [-0.15, -0.1) is 5.10 Å². The molecule has 5 aromatic rings. The molecule has 1 fully saturated rings. The van der Waals surface area contributed by atoms with Crippen LogP contribution in [0.15, 0.2) is 108 Å². The fraction of sp³-hybridized carbons (Fsp3) is 0.242. The smallest absolute Gasteiger partial charge is 0.214 e. The van der Waals surface area contributed by atoms with E-state index < -0.39 is 6.29 Å². The highest BCUT2D eigenvalue weighted by Crippen LogP contribution is 2.43. The summed E-state index contributed by atoms with van der Waals surface area (Å²) in [6.07, 6.45) is -0.905. The molecule has 2 heterocycles. The third-order valence-corrected chi connectivity index (χ3v) is 8.68. The number of hydrogen-bond donors (Lipinski definition) is 2. The zero-order chi connectivity index (χ0) is 28.9. The maximum absolute atomic E-state index is 9.55. The molecule has 0 unspecified atom stereocenters. The highest BCUT2D eigenvalue weighted by atomic mass is 32.2. The molecule has 1 saturated heterocycles. The number of thioether (sulfide) groups is 1. The normalized spacial score (nSPS) is 20.5. The van der Waals surface area contributed by atoms with Gasteiger partial charge in [-0.25, -0.2) is 0 Å². The first kappa shape index (κ1) is 28.3. The van der Waals surface area contributed by atoms with Gasteiger partial charge in [-0.3, -0.25) is 0 Å². The first-order chi connectivity index (χ1) is 20.6. The van der Waals surface area contributed by atoms with E-state index in [0.717, 1.165) is 39.1 Å². The van der Waals surface area contributed by atoms with Crippen molar-refractivity contribution in [1.82, 2.24) is 20.2 Å².